The van der Waals surface area contributed by atoms with Gasteiger partial charge in [0.25, 0.3) is 0 Å². The number of anilines is 1. The number of hydrogen-bond acceptors (Lipinski definition) is 3. The number of nitrogens with zero attached hydrogens (tertiary/aromatic N) is 2. The molecule has 0 bridgehead atoms. The number of benzene rings is 1. The summed E-state index contributed by atoms with van der Waals surface area (Å²) >= 11 is 6.83. The Bertz CT molecular complexity index is 533. The maximum atomic E-state index is 5.18. The molecule has 0 aliphatic rings. The standard InChI is InChI=1S/C11H13N3S2/c1-7-5-4-6-8-9(7)13-11(16-8)14(3)10(15)12-2/h4-6H,1-3H3,(H,12,15). The van der Waals surface area contributed by atoms with Crippen LogP contribution in [0, 0.1) is 6.92 Å². The SMILES string of the molecule is CNC(=S)N(C)c1nc2c(C)cccc2s1. The number of aryl methyl sites for hydroxylation is 1. The van der Waals surface area contributed by atoms with Crippen LogP contribution in [0.2, 0.25) is 0 Å². The molecule has 0 atom stereocenters. The predicted octanol–water partition coefficient (Wildman–Crippen LogP) is 2.55. The lowest BCUT2D eigenvalue weighted by Gasteiger charge is -2.15. The minimum absolute atomic E-state index is 0.678. The lowest BCUT2D eigenvalue weighted by Crippen LogP contribution is -2.34. The first-order valence-electron chi connectivity index (χ1n) is 4.95. The van der Waals surface area contributed by atoms with Crippen molar-refractivity contribution in [3.8, 4) is 0 Å². The summed E-state index contributed by atoms with van der Waals surface area (Å²) in [5, 5.41) is 4.54. The number of rotatable bonds is 1. The highest BCUT2D eigenvalue weighted by Gasteiger charge is 2.11. The third kappa shape index (κ3) is 1.88. The number of hydrogen-bond donors (Lipinski definition) is 1. The quantitative estimate of drug-likeness (QED) is 0.788. The minimum atomic E-state index is 0.678. The predicted molar refractivity (Wildman–Crippen MR) is 74.4 cm³/mol. The van der Waals surface area contributed by atoms with E-state index in [1.54, 1.807) is 11.3 Å². The van der Waals surface area contributed by atoms with Crippen LogP contribution in [0.25, 0.3) is 10.2 Å². The number of nitrogens with one attached hydrogen (secondary N) is 1. The molecule has 2 rings (SSSR count). The Kier molecular flexibility index (Phi) is 3.07. The first kappa shape index (κ1) is 11.3. The smallest absolute Gasteiger partial charge is 0.192 e. The fraction of sp³-hybridized carbons (Fsp3) is 0.273. The Labute approximate surface area is 104 Å². The van der Waals surface area contributed by atoms with Crippen molar-refractivity contribution in [2.45, 2.75) is 6.92 Å². The van der Waals surface area contributed by atoms with Crippen LogP contribution in [0.15, 0.2) is 18.2 Å². The van der Waals surface area contributed by atoms with Crippen LogP contribution in [-0.4, -0.2) is 24.2 Å². The van der Waals surface area contributed by atoms with E-state index in [9.17, 15) is 0 Å². The van der Waals surface area contributed by atoms with Gasteiger partial charge in [0.05, 0.1) is 10.2 Å². The van der Waals surface area contributed by atoms with Gasteiger partial charge in [0, 0.05) is 14.1 Å². The second-order valence-corrected chi connectivity index (χ2v) is 4.93. The van der Waals surface area contributed by atoms with Crippen molar-refractivity contribution >= 4 is 44.0 Å². The molecule has 1 N–H and O–H groups in total. The van der Waals surface area contributed by atoms with E-state index >= 15 is 0 Å². The topological polar surface area (TPSA) is 28.2 Å². The minimum Gasteiger partial charge on any atom is -0.365 e. The zero-order valence-corrected chi connectivity index (χ0v) is 11.1. The van der Waals surface area contributed by atoms with Gasteiger partial charge in [-0.05, 0) is 30.8 Å². The van der Waals surface area contributed by atoms with Crippen LogP contribution < -0.4 is 10.2 Å². The summed E-state index contributed by atoms with van der Waals surface area (Å²) in [6.07, 6.45) is 0. The van der Waals surface area contributed by atoms with E-state index in [-0.39, 0.29) is 0 Å². The maximum Gasteiger partial charge on any atom is 0.192 e. The Morgan fingerprint density at radius 1 is 1.50 bits per heavy atom. The summed E-state index contributed by atoms with van der Waals surface area (Å²) in [4.78, 5) is 6.49. The van der Waals surface area contributed by atoms with Gasteiger partial charge in [-0.25, -0.2) is 4.98 Å². The Morgan fingerprint density at radius 2 is 2.25 bits per heavy atom. The normalized spacial score (nSPS) is 10.4. The van der Waals surface area contributed by atoms with Crippen LogP contribution in [0.1, 0.15) is 5.56 Å². The molecule has 0 aliphatic heterocycles. The number of fused-ring (bicyclic) bond motifs is 1. The molecule has 16 heavy (non-hydrogen) atoms. The van der Waals surface area contributed by atoms with Gasteiger partial charge in [0.2, 0.25) is 0 Å². The molecule has 0 amide bonds. The van der Waals surface area contributed by atoms with Crippen molar-refractivity contribution in [3.63, 3.8) is 0 Å². The van der Waals surface area contributed by atoms with Crippen LogP contribution in [0.5, 0.6) is 0 Å². The van der Waals surface area contributed by atoms with Gasteiger partial charge in [-0.15, -0.1) is 0 Å². The molecule has 0 unspecified atom stereocenters. The van der Waals surface area contributed by atoms with E-state index in [4.69, 9.17) is 12.2 Å². The second-order valence-electron chi connectivity index (χ2n) is 3.53. The molecule has 0 saturated carbocycles. The fourth-order valence-corrected chi connectivity index (χ4v) is 2.63. The highest BCUT2D eigenvalue weighted by atomic mass is 32.1. The van der Waals surface area contributed by atoms with E-state index in [1.807, 2.05) is 19.0 Å². The largest absolute Gasteiger partial charge is 0.365 e. The number of para-hydroxylation sites is 1. The van der Waals surface area contributed by atoms with Gasteiger partial charge in [-0.3, -0.25) is 4.90 Å². The van der Waals surface area contributed by atoms with Crippen molar-refractivity contribution in [2.24, 2.45) is 0 Å². The molecule has 5 heteroatoms. The molecule has 0 spiro atoms. The van der Waals surface area contributed by atoms with Crippen LogP contribution in [0.4, 0.5) is 5.13 Å². The van der Waals surface area contributed by atoms with Crippen LogP contribution in [0.3, 0.4) is 0 Å². The summed E-state index contributed by atoms with van der Waals surface area (Å²) in [6.45, 7) is 2.07. The monoisotopic (exact) mass is 251 g/mol. The van der Waals surface area contributed by atoms with Crippen LogP contribution in [-0.2, 0) is 0 Å². The van der Waals surface area contributed by atoms with E-state index in [0.29, 0.717) is 5.11 Å². The molecule has 1 aromatic carbocycles. The number of aromatic nitrogens is 1. The van der Waals surface area contributed by atoms with Crippen molar-refractivity contribution in [3.05, 3.63) is 23.8 Å². The molecule has 0 fully saturated rings. The first-order chi connectivity index (χ1) is 7.63. The van der Waals surface area contributed by atoms with E-state index in [2.05, 4.69) is 35.4 Å². The molecule has 3 nitrogen and oxygen atoms in total. The fourth-order valence-electron chi connectivity index (χ4n) is 1.47. The third-order valence-electron chi connectivity index (χ3n) is 2.41. The zero-order chi connectivity index (χ0) is 11.7. The van der Waals surface area contributed by atoms with Crippen LogP contribution >= 0.6 is 23.6 Å². The Balaban J connectivity index is 2.47. The molecular weight excluding hydrogens is 238 g/mol. The Hall–Kier alpha value is -1.20. The second kappa shape index (κ2) is 4.35. The van der Waals surface area contributed by atoms with Gasteiger partial charge in [0.15, 0.2) is 10.2 Å². The molecule has 0 aliphatic carbocycles. The summed E-state index contributed by atoms with van der Waals surface area (Å²) in [5.41, 5.74) is 2.26. The van der Waals surface area contributed by atoms with Gasteiger partial charge >= 0.3 is 0 Å². The van der Waals surface area contributed by atoms with Crippen molar-refractivity contribution in [2.75, 3.05) is 19.0 Å². The molecule has 2 aromatic rings. The molecule has 1 heterocycles. The number of thiocarbonyl (C=S) groups is 1. The third-order valence-corrected chi connectivity index (χ3v) is 3.99. The molecular formula is C11H13N3S2. The summed E-state index contributed by atoms with van der Waals surface area (Å²) in [6, 6.07) is 6.21. The van der Waals surface area contributed by atoms with E-state index in [1.165, 1.54) is 10.3 Å². The summed E-state index contributed by atoms with van der Waals surface area (Å²) in [5.74, 6) is 0. The highest BCUT2D eigenvalue weighted by Crippen LogP contribution is 2.29. The lowest BCUT2D eigenvalue weighted by molar-refractivity contribution is 1.11. The van der Waals surface area contributed by atoms with Gasteiger partial charge in [0.1, 0.15) is 0 Å². The number of thiazole rings is 1. The van der Waals surface area contributed by atoms with Crippen molar-refractivity contribution < 1.29 is 0 Å². The average molecular weight is 251 g/mol. The van der Waals surface area contributed by atoms with Crippen molar-refractivity contribution in [1.29, 1.82) is 0 Å². The van der Waals surface area contributed by atoms with Gasteiger partial charge < -0.3 is 5.32 Å². The highest BCUT2D eigenvalue weighted by molar-refractivity contribution is 7.80. The summed E-state index contributed by atoms with van der Waals surface area (Å²) < 4.78 is 1.20. The van der Waals surface area contributed by atoms with Gasteiger partial charge in [-0.2, -0.15) is 0 Å². The molecule has 84 valence electrons. The maximum absolute atomic E-state index is 5.18. The zero-order valence-electron chi connectivity index (χ0n) is 9.44. The lowest BCUT2D eigenvalue weighted by atomic mass is 10.2. The first-order valence-corrected chi connectivity index (χ1v) is 6.17. The van der Waals surface area contributed by atoms with Crippen molar-refractivity contribution in [1.82, 2.24) is 10.3 Å². The van der Waals surface area contributed by atoms with E-state index in [0.717, 1.165) is 10.6 Å². The molecule has 0 radical (unpaired) electrons. The summed E-state index contributed by atoms with van der Waals surface area (Å²) in [7, 11) is 3.74. The van der Waals surface area contributed by atoms with Gasteiger partial charge in [-0.1, -0.05) is 23.5 Å². The van der Waals surface area contributed by atoms with E-state index < -0.39 is 0 Å². The molecule has 0 saturated heterocycles. The molecule has 1 aromatic heterocycles. The average Bonchev–Trinajstić information content (AvgIpc) is 2.72. The Morgan fingerprint density at radius 3 is 2.88 bits per heavy atom.